The number of nitrogens with two attached hydrogens (primary N) is 1. The Bertz CT molecular complexity index is 141. The van der Waals surface area contributed by atoms with Crippen LogP contribution in [-0.4, -0.2) is 5.54 Å². The monoisotopic (exact) mass is 169 g/mol. The highest BCUT2D eigenvalue weighted by molar-refractivity contribution is 5.15. The van der Waals surface area contributed by atoms with E-state index >= 15 is 0 Å². The van der Waals surface area contributed by atoms with Gasteiger partial charge >= 0.3 is 0 Å². The first-order chi connectivity index (χ1) is 5.60. The highest BCUT2D eigenvalue weighted by Gasteiger charge is 2.23. The number of hydrogen-bond donors (Lipinski definition) is 1. The molecule has 0 bridgehead atoms. The molecule has 0 aliphatic carbocycles. The summed E-state index contributed by atoms with van der Waals surface area (Å²) in [6, 6.07) is 0. The molecule has 0 spiro atoms. The molecule has 1 heteroatoms. The van der Waals surface area contributed by atoms with Gasteiger partial charge in [-0.05, 0) is 26.7 Å². The molecule has 0 aliphatic heterocycles. The van der Waals surface area contributed by atoms with Crippen molar-refractivity contribution in [3.63, 3.8) is 0 Å². The van der Waals surface area contributed by atoms with E-state index in [1.54, 1.807) is 0 Å². The third-order valence-corrected chi connectivity index (χ3v) is 2.61. The molecule has 0 heterocycles. The van der Waals surface area contributed by atoms with Gasteiger partial charge in [0.2, 0.25) is 0 Å². The van der Waals surface area contributed by atoms with Crippen LogP contribution in [0, 0.1) is 0 Å². The van der Waals surface area contributed by atoms with Crippen molar-refractivity contribution in [3.05, 3.63) is 11.6 Å². The molecule has 0 aromatic heterocycles. The first-order valence-corrected chi connectivity index (χ1v) is 5.03. The molecule has 12 heavy (non-hydrogen) atoms. The fourth-order valence-electron chi connectivity index (χ4n) is 1.70. The van der Waals surface area contributed by atoms with Gasteiger partial charge < -0.3 is 5.73 Å². The molecule has 0 unspecified atom stereocenters. The lowest BCUT2D eigenvalue weighted by Crippen LogP contribution is -2.40. The lowest BCUT2D eigenvalue weighted by atomic mass is 9.83. The third kappa shape index (κ3) is 2.98. The maximum atomic E-state index is 6.30. The van der Waals surface area contributed by atoms with Gasteiger partial charge in [-0.2, -0.15) is 0 Å². The van der Waals surface area contributed by atoms with Crippen molar-refractivity contribution in [2.75, 3.05) is 0 Å². The zero-order valence-corrected chi connectivity index (χ0v) is 8.98. The van der Waals surface area contributed by atoms with E-state index in [0.29, 0.717) is 0 Å². The van der Waals surface area contributed by atoms with E-state index in [0.717, 1.165) is 12.8 Å². The van der Waals surface area contributed by atoms with Crippen molar-refractivity contribution in [3.8, 4) is 0 Å². The lowest BCUT2D eigenvalue weighted by Gasteiger charge is -2.30. The summed E-state index contributed by atoms with van der Waals surface area (Å²) < 4.78 is 0. The van der Waals surface area contributed by atoms with Crippen LogP contribution in [0.25, 0.3) is 0 Å². The third-order valence-electron chi connectivity index (χ3n) is 2.61. The predicted molar refractivity (Wildman–Crippen MR) is 56.2 cm³/mol. The highest BCUT2D eigenvalue weighted by Crippen LogP contribution is 2.24. The van der Waals surface area contributed by atoms with Crippen molar-refractivity contribution in [1.29, 1.82) is 0 Å². The largest absolute Gasteiger partial charge is 0.322 e. The van der Waals surface area contributed by atoms with Crippen molar-refractivity contribution in [1.82, 2.24) is 0 Å². The van der Waals surface area contributed by atoms with E-state index in [1.807, 2.05) is 0 Å². The highest BCUT2D eigenvalue weighted by atomic mass is 14.7. The van der Waals surface area contributed by atoms with Crippen LogP contribution in [0.3, 0.4) is 0 Å². The number of hydrogen-bond acceptors (Lipinski definition) is 1. The summed E-state index contributed by atoms with van der Waals surface area (Å²) in [7, 11) is 0. The molecule has 2 N–H and O–H groups in total. The Labute approximate surface area is 77.0 Å². The minimum Gasteiger partial charge on any atom is -0.322 e. The van der Waals surface area contributed by atoms with E-state index in [2.05, 4.69) is 33.8 Å². The molecular formula is C11H23N. The standard InChI is InChI=1S/C11H23N/c1-5-8-11(12,9-6-2)10(4)7-3/h7H,5-6,8-9,12H2,1-4H3. The zero-order valence-electron chi connectivity index (χ0n) is 8.98. The maximum Gasteiger partial charge on any atom is 0.0365 e. The fourth-order valence-corrected chi connectivity index (χ4v) is 1.70. The predicted octanol–water partition coefficient (Wildman–Crippen LogP) is 3.25. The smallest absolute Gasteiger partial charge is 0.0365 e. The maximum absolute atomic E-state index is 6.30. The van der Waals surface area contributed by atoms with Gasteiger partial charge in [0.15, 0.2) is 0 Å². The molecule has 1 nitrogen and oxygen atoms in total. The Balaban J connectivity index is 4.37. The SMILES string of the molecule is CC=C(C)C(N)(CCC)CCC. The van der Waals surface area contributed by atoms with Crippen molar-refractivity contribution in [2.24, 2.45) is 5.73 Å². The van der Waals surface area contributed by atoms with E-state index in [9.17, 15) is 0 Å². The molecular weight excluding hydrogens is 146 g/mol. The molecule has 0 atom stereocenters. The molecule has 0 rings (SSSR count). The van der Waals surface area contributed by atoms with Crippen LogP contribution in [0.2, 0.25) is 0 Å². The summed E-state index contributed by atoms with van der Waals surface area (Å²) in [4.78, 5) is 0. The zero-order chi connectivity index (χ0) is 9.61. The average molecular weight is 169 g/mol. The Morgan fingerprint density at radius 3 is 1.92 bits per heavy atom. The van der Waals surface area contributed by atoms with E-state index in [4.69, 9.17) is 5.73 Å². The van der Waals surface area contributed by atoms with Crippen LogP contribution in [0.1, 0.15) is 53.4 Å². The number of rotatable bonds is 5. The molecule has 0 radical (unpaired) electrons. The summed E-state index contributed by atoms with van der Waals surface area (Å²) in [5.74, 6) is 0. The van der Waals surface area contributed by atoms with E-state index in [-0.39, 0.29) is 5.54 Å². The molecule has 0 saturated carbocycles. The molecule has 72 valence electrons. The molecule has 0 amide bonds. The second-order valence-electron chi connectivity index (χ2n) is 3.63. The van der Waals surface area contributed by atoms with Gasteiger partial charge in [-0.25, -0.2) is 0 Å². The van der Waals surface area contributed by atoms with Crippen LogP contribution in [0.5, 0.6) is 0 Å². The van der Waals surface area contributed by atoms with Crippen molar-refractivity contribution >= 4 is 0 Å². The van der Waals surface area contributed by atoms with E-state index in [1.165, 1.54) is 18.4 Å². The molecule has 0 fully saturated rings. The Kier molecular flexibility index (Phi) is 5.23. The topological polar surface area (TPSA) is 26.0 Å². The average Bonchev–Trinajstić information content (AvgIpc) is 2.04. The lowest BCUT2D eigenvalue weighted by molar-refractivity contribution is 0.416. The Morgan fingerprint density at radius 1 is 1.25 bits per heavy atom. The normalized spacial score (nSPS) is 13.6. The van der Waals surface area contributed by atoms with Crippen LogP contribution >= 0.6 is 0 Å². The molecule has 0 aromatic carbocycles. The molecule has 0 aliphatic rings. The Hall–Kier alpha value is -0.300. The van der Waals surface area contributed by atoms with Crippen LogP contribution < -0.4 is 5.73 Å². The molecule has 0 aromatic rings. The summed E-state index contributed by atoms with van der Waals surface area (Å²) >= 11 is 0. The second-order valence-corrected chi connectivity index (χ2v) is 3.63. The van der Waals surface area contributed by atoms with Gasteiger partial charge in [-0.3, -0.25) is 0 Å². The van der Waals surface area contributed by atoms with Crippen LogP contribution in [0.4, 0.5) is 0 Å². The second kappa shape index (κ2) is 5.36. The van der Waals surface area contributed by atoms with Crippen LogP contribution in [0.15, 0.2) is 11.6 Å². The fraction of sp³-hybridized carbons (Fsp3) is 0.818. The Morgan fingerprint density at radius 2 is 1.67 bits per heavy atom. The van der Waals surface area contributed by atoms with Gasteiger partial charge in [-0.1, -0.05) is 38.3 Å². The minimum atomic E-state index is -0.0295. The van der Waals surface area contributed by atoms with Gasteiger partial charge in [-0.15, -0.1) is 0 Å². The number of allylic oxidation sites excluding steroid dienone is 1. The molecule has 0 saturated heterocycles. The van der Waals surface area contributed by atoms with Crippen LogP contribution in [-0.2, 0) is 0 Å². The summed E-state index contributed by atoms with van der Waals surface area (Å²) in [6.07, 6.45) is 6.70. The van der Waals surface area contributed by atoms with Gasteiger partial charge in [0.25, 0.3) is 0 Å². The minimum absolute atomic E-state index is 0.0295. The van der Waals surface area contributed by atoms with Gasteiger partial charge in [0.1, 0.15) is 0 Å². The summed E-state index contributed by atoms with van der Waals surface area (Å²) in [6.45, 7) is 8.61. The first kappa shape index (κ1) is 11.7. The first-order valence-electron chi connectivity index (χ1n) is 5.03. The summed E-state index contributed by atoms with van der Waals surface area (Å²) in [5.41, 5.74) is 7.61. The quantitative estimate of drug-likeness (QED) is 0.628. The van der Waals surface area contributed by atoms with Crippen molar-refractivity contribution in [2.45, 2.75) is 58.9 Å². The van der Waals surface area contributed by atoms with Gasteiger partial charge in [0, 0.05) is 5.54 Å². The van der Waals surface area contributed by atoms with Crippen molar-refractivity contribution < 1.29 is 0 Å². The van der Waals surface area contributed by atoms with Gasteiger partial charge in [0.05, 0.1) is 0 Å². The summed E-state index contributed by atoms with van der Waals surface area (Å²) in [5, 5.41) is 0. The van der Waals surface area contributed by atoms with E-state index < -0.39 is 0 Å².